The Kier molecular flexibility index (Phi) is 3.60. The molecule has 0 amide bonds. The first-order chi connectivity index (χ1) is 9.56. The Labute approximate surface area is 119 Å². The summed E-state index contributed by atoms with van der Waals surface area (Å²) in [5.41, 5.74) is 8.26. The van der Waals surface area contributed by atoms with Crippen molar-refractivity contribution in [3.8, 4) is 0 Å². The number of benzene rings is 1. The highest BCUT2D eigenvalue weighted by atomic mass is 32.2. The van der Waals surface area contributed by atoms with Gasteiger partial charge in [0, 0.05) is 18.8 Å². The van der Waals surface area contributed by atoms with E-state index in [9.17, 15) is 8.42 Å². The average Bonchev–Trinajstić information content (AvgIpc) is 2.89. The third kappa shape index (κ3) is 2.62. The Bertz CT molecular complexity index is 594. The number of ether oxygens (including phenoxy) is 1. The summed E-state index contributed by atoms with van der Waals surface area (Å²) in [5.74, 6) is 0.0802. The number of fused-ring (bicyclic) bond motifs is 1. The summed E-state index contributed by atoms with van der Waals surface area (Å²) in [6.45, 7) is 1.22. The molecule has 110 valence electrons. The predicted octanol–water partition coefficient (Wildman–Crippen LogP) is 1.53. The van der Waals surface area contributed by atoms with Gasteiger partial charge in [0.25, 0.3) is 0 Å². The second-order valence-electron chi connectivity index (χ2n) is 5.48. The highest BCUT2D eigenvalue weighted by Gasteiger charge is 2.31. The maximum absolute atomic E-state index is 12.6. The van der Waals surface area contributed by atoms with Crippen LogP contribution in [0.1, 0.15) is 24.8 Å². The molecule has 20 heavy (non-hydrogen) atoms. The van der Waals surface area contributed by atoms with Crippen LogP contribution in [0.25, 0.3) is 0 Å². The van der Waals surface area contributed by atoms with Crippen molar-refractivity contribution in [2.75, 3.05) is 28.9 Å². The maximum Gasteiger partial charge on any atom is 0.237 e. The van der Waals surface area contributed by atoms with Gasteiger partial charge in [-0.3, -0.25) is 4.31 Å². The molecule has 0 aliphatic carbocycles. The fourth-order valence-corrected chi connectivity index (χ4v) is 4.77. The zero-order valence-corrected chi connectivity index (χ0v) is 12.2. The summed E-state index contributed by atoms with van der Waals surface area (Å²) >= 11 is 0. The molecule has 1 aromatic rings. The van der Waals surface area contributed by atoms with Crippen LogP contribution in [-0.4, -0.2) is 33.4 Å². The zero-order chi connectivity index (χ0) is 14.2. The third-order valence-corrected chi connectivity index (χ3v) is 5.78. The lowest BCUT2D eigenvalue weighted by Gasteiger charge is -2.31. The van der Waals surface area contributed by atoms with Gasteiger partial charge in [-0.05, 0) is 49.4 Å². The van der Waals surface area contributed by atoms with E-state index in [0.717, 1.165) is 36.9 Å². The van der Waals surface area contributed by atoms with Crippen molar-refractivity contribution in [1.82, 2.24) is 0 Å². The van der Waals surface area contributed by atoms with E-state index in [0.29, 0.717) is 18.8 Å². The van der Waals surface area contributed by atoms with E-state index in [1.54, 1.807) is 6.07 Å². The summed E-state index contributed by atoms with van der Waals surface area (Å²) in [6, 6.07) is 5.46. The first-order valence-corrected chi connectivity index (χ1v) is 8.67. The van der Waals surface area contributed by atoms with Gasteiger partial charge >= 0.3 is 0 Å². The zero-order valence-electron chi connectivity index (χ0n) is 11.4. The summed E-state index contributed by atoms with van der Waals surface area (Å²) in [5, 5.41) is 0. The Morgan fingerprint density at radius 1 is 1.35 bits per heavy atom. The quantitative estimate of drug-likeness (QED) is 0.859. The summed E-state index contributed by atoms with van der Waals surface area (Å²) in [7, 11) is -3.33. The minimum Gasteiger partial charge on any atom is -0.399 e. The van der Waals surface area contributed by atoms with Gasteiger partial charge in [0.15, 0.2) is 0 Å². The number of anilines is 2. The smallest absolute Gasteiger partial charge is 0.237 e. The number of nitrogens with zero attached hydrogens (tertiary/aromatic N) is 1. The Morgan fingerprint density at radius 2 is 2.20 bits per heavy atom. The molecule has 0 saturated carbocycles. The fourth-order valence-electron chi connectivity index (χ4n) is 2.97. The van der Waals surface area contributed by atoms with Gasteiger partial charge in [-0.15, -0.1) is 0 Å². The van der Waals surface area contributed by atoms with E-state index < -0.39 is 10.0 Å². The number of nitrogen functional groups attached to an aromatic ring is 1. The van der Waals surface area contributed by atoms with Gasteiger partial charge in [0.05, 0.1) is 17.5 Å². The Hall–Kier alpha value is -1.27. The molecule has 1 unspecified atom stereocenters. The van der Waals surface area contributed by atoms with E-state index >= 15 is 0 Å². The second-order valence-corrected chi connectivity index (χ2v) is 7.42. The topological polar surface area (TPSA) is 72.6 Å². The minimum absolute atomic E-state index is 0.0802. The number of hydrogen-bond donors (Lipinski definition) is 1. The summed E-state index contributed by atoms with van der Waals surface area (Å²) in [4.78, 5) is 0. The molecular weight excluding hydrogens is 276 g/mol. The summed E-state index contributed by atoms with van der Waals surface area (Å²) in [6.07, 6.45) is 3.35. The van der Waals surface area contributed by atoms with Crippen LogP contribution in [0.5, 0.6) is 0 Å². The average molecular weight is 296 g/mol. The standard InChI is InChI=1S/C14H20N2O3S/c15-12-5-6-14-11(9-12)3-1-7-16(14)20(17,18)10-13-4-2-8-19-13/h5-6,9,13H,1-4,7-8,10,15H2. The maximum atomic E-state index is 12.6. The number of nitrogens with two attached hydrogens (primary N) is 1. The normalized spacial score (nSPS) is 22.8. The first kappa shape index (κ1) is 13.7. The number of sulfonamides is 1. The molecule has 1 fully saturated rings. The van der Waals surface area contributed by atoms with Crippen molar-refractivity contribution >= 4 is 21.4 Å². The van der Waals surface area contributed by atoms with Crippen LogP contribution >= 0.6 is 0 Å². The lowest BCUT2D eigenvalue weighted by atomic mass is 10.0. The second kappa shape index (κ2) is 5.26. The van der Waals surface area contributed by atoms with Crippen molar-refractivity contribution in [1.29, 1.82) is 0 Å². The van der Waals surface area contributed by atoms with Gasteiger partial charge in [0.1, 0.15) is 0 Å². The van der Waals surface area contributed by atoms with E-state index in [4.69, 9.17) is 10.5 Å². The van der Waals surface area contributed by atoms with E-state index in [-0.39, 0.29) is 11.9 Å². The molecule has 6 heteroatoms. The van der Waals surface area contributed by atoms with Crippen LogP contribution in [0.4, 0.5) is 11.4 Å². The molecule has 0 spiro atoms. The Morgan fingerprint density at radius 3 is 2.95 bits per heavy atom. The van der Waals surface area contributed by atoms with E-state index in [1.807, 2.05) is 12.1 Å². The highest BCUT2D eigenvalue weighted by molar-refractivity contribution is 7.92. The lowest BCUT2D eigenvalue weighted by molar-refractivity contribution is 0.127. The number of aryl methyl sites for hydroxylation is 1. The fraction of sp³-hybridized carbons (Fsp3) is 0.571. The van der Waals surface area contributed by atoms with Gasteiger partial charge in [-0.25, -0.2) is 8.42 Å². The molecule has 2 N–H and O–H groups in total. The highest BCUT2D eigenvalue weighted by Crippen LogP contribution is 2.31. The van der Waals surface area contributed by atoms with Crippen LogP contribution in [0, 0.1) is 0 Å². The van der Waals surface area contributed by atoms with Crippen molar-refractivity contribution in [3.05, 3.63) is 23.8 Å². The first-order valence-electron chi connectivity index (χ1n) is 7.07. The predicted molar refractivity (Wildman–Crippen MR) is 79.3 cm³/mol. The molecule has 1 aromatic carbocycles. The lowest BCUT2D eigenvalue weighted by Crippen LogP contribution is -2.39. The van der Waals surface area contributed by atoms with E-state index in [2.05, 4.69) is 0 Å². The minimum atomic E-state index is -3.33. The monoisotopic (exact) mass is 296 g/mol. The van der Waals surface area contributed by atoms with Crippen LogP contribution in [-0.2, 0) is 21.2 Å². The Balaban J connectivity index is 1.87. The van der Waals surface area contributed by atoms with Crippen molar-refractivity contribution in [2.24, 2.45) is 0 Å². The molecule has 2 aliphatic heterocycles. The van der Waals surface area contributed by atoms with Crippen molar-refractivity contribution < 1.29 is 13.2 Å². The molecule has 0 aromatic heterocycles. The summed E-state index contributed by atoms with van der Waals surface area (Å²) < 4.78 is 32.2. The molecule has 2 heterocycles. The van der Waals surface area contributed by atoms with Crippen LogP contribution in [0.15, 0.2) is 18.2 Å². The largest absolute Gasteiger partial charge is 0.399 e. The molecule has 0 bridgehead atoms. The van der Waals surface area contributed by atoms with Gasteiger partial charge in [-0.2, -0.15) is 0 Å². The van der Waals surface area contributed by atoms with Crippen LogP contribution in [0.2, 0.25) is 0 Å². The molecule has 2 aliphatic rings. The molecule has 5 nitrogen and oxygen atoms in total. The van der Waals surface area contributed by atoms with Gasteiger partial charge in [0.2, 0.25) is 10.0 Å². The van der Waals surface area contributed by atoms with Crippen molar-refractivity contribution in [3.63, 3.8) is 0 Å². The van der Waals surface area contributed by atoms with Gasteiger partial charge in [-0.1, -0.05) is 0 Å². The third-order valence-electron chi connectivity index (χ3n) is 3.94. The van der Waals surface area contributed by atoms with Crippen LogP contribution < -0.4 is 10.0 Å². The van der Waals surface area contributed by atoms with E-state index in [1.165, 1.54) is 4.31 Å². The molecular formula is C14H20N2O3S. The molecule has 0 radical (unpaired) electrons. The van der Waals surface area contributed by atoms with Gasteiger partial charge < -0.3 is 10.5 Å². The number of rotatable bonds is 3. The number of hydrogen-bond acceptors (Lipinski definition) is 4. The molecule has 3 rings (SSSR count). The SMILES string of the molecule is Nc1ccc2c(c1)CCCN2S(=O)(=O)CC1CCCO1. The molecule has 1 atom stereocenters. The van der Waals surface area contributed by atoms with Crippen LogP contribution in [0.3, 0.4) is 0 Å². The van der Waals surface area contributed by atoms with Crippen molar-refractivity contribution in [2.45, 2.75) is 31.8 Å². The molecule has 1 saturated heterocycles.